The highest BCUT2D eigenvalue weighted by Crippen LogP contribution is 2.31. The zero-order chi connectivity index (χ0) is 17.8. The molecule has 0 saturated carbocycles. The number of carbonyl (C=O) groups excluding carboxylic acids is 1. The molecule has 128 valence electrons. The standard InChI is InChI=1S/C18H17N3O4/c1-11-16(17(21-25-11)12-5-4-8-19-10-12)18(22)20-13-6-7-14(23-2)15(9-13)24-3/h4-10H,1-3H3,(H,20,22). The molecule has 0 spiro atoms. The van der Waals surface area contributed by atoms with Gasteiger partial charge in [-0.2, -0.15) is 0 Å². The first kappa shape index (κ1) is 16.5. The molecule has 7 heteroatoms. The maximum atomic E-state index is 12.7. The SMILES string of the molecule is COc1ccc(NC(=O)c2c(-c3cccnc3)noc2C)cc1OC. The number of hydrogen-bond acceptors (Lipinski definition) is 6. The number of rotatable bonds is 5. The first-order valence-corrected chi connectivity index (χ1v) is 7.54. The summed E-state index contributed by atoms with van der Waals surface area (Å²) in [4.78, 5) is 16.8. The minimum Gasteiger partial charge on any atom is -0.493 e. The van der Waals surface area contributed by atoms with Crippen molar-refractivity contribution in [2.45, 2.75) is 6.92 Å². The molecule has 25 heavy (non-hydrogen) atoms. The van der Waals surface area contributed by atoms with Crippen molar-refractivity contribution in [1.82, 2.24) is 10.1 Å². The summed E-state index contributed by atoms with van der Waals surface area (Å²) in [6.45, 7) is 1.69. The van der Waals surface area contributed by atoms with E-state index in [1.165, 1.54) is 7.11 Å². The van der Waals surface area contributed by atoms with E-state index < -0.39 is 0 Å². The summed E-state index contributed by atoms with van der Waals surface area (Å²) < 4.78 is 15.7. The molecule has 0 fully saturated rings. The third-order valence-electron chi connectivity index (χ3n) is 3.67. The van der Waals surface area contributed by atoms with Gasteiger partial charge in [0.05, 0.1) is 14.2 Å². The number of ether oxygens (including phenoxy) is 2. The van der Waals surface area contributed by atoms with Crippen molar-refractivity contribution in [3.8, 4) is 22.8 Å². The summed E-state index contributed by atoms with van der Waals surface area (Å²) in [5, 5.41) is 6.82. The van der Waals surface area contributed by atoms with Crippen LogP contribution in [0, 0.1) is 6.92 Å². The minimum atomic E-state index is -0.329. The fourth-order valence-corrected chi connectivity index (χ4v) is 2.45. The van der Waals surface area contributed by atoms with E-state index >= 15 is 0 Å². The Morgan fingerprint density at radius 1 is 1.16 bits per heavy atom. The van der Waals surface area contributed by atoms with E-state index in [1.54, 1.807) is 50.7 Å². The molecule has 3 aromatic rings. The Morgan fingerprint density at radius 2 is 1.96 bits per heavy atom. The Hall–Kier alpha value is -3.35. The molecular formula is C18H17N3O4. The van der Waals surface area contributed by atoms with Crippen LogP contribution >= 0.6 is 0 Å². The highest BCUT2D eigenvalue weighted by Gasteiger charge is 2.22. The van der Waals surface area contributed by atoms with Crippen molar-refractivity contribution < 1.29 is 18.8 Å². The number of benzene rings is 1. The monoisotopic (exact) mass is 339 g/mol. The molecule has 0 aliphatic rings. The molecule has 2 aromatic heterocycles. The van der Waals surface area contributed by atoms with E-state index in [1.807, 2.05) is 6.07 Å². The molecule has 0 saturated heterocycles. The topological polar surface area (TPSA) is 86.5 Å². The molecular weight excluding hydrogens is 322 g/mol. The summed E-state index contributed by atoms with van der Waals surface area (Å²) in [7, 11) is 3.09. The van der Waals surface area contributed by atoms with Crippen LogP contribution in [0.5, 0.6) is 11.5 Å². The Bertz CT molecular complexity index is 891. The van der Waals surface area contributed by atoms with Crippen LogP contribution in [0.3, 0.4) is 0 Å². The van der Waals surface area contributed by atoms with Crippen LogP contribution in [0.25, 0.3) is 11.3 Å². The molecule has 0 radical (unpaired) electrons. The quantitative estimate of drug-likeness (QED) is 0.767. The smallest absolute Gasteiger partial charge is 0.261 e. The van der Waals surface area contributed by atoms with Crippen LogP contribution in [0.4, 0.5) is 5.69 Å². The van der Waals surface area contributed by atoms with Crippen molar-refractivity contribution in [1.29, 1.82) is 0 Å². The Labute approximate surface area is 144 Å². The van der Waals surface area contributed by atoms with E-state index in [0.29, 0.717) is 39.8 Å². The van der Waals surface area contributed by atoms with E-state index in [0.717, 1.165) is 0 Å². The molecule has 0 aliphatic carbocycles. The summed E-state index contributed by atoms with van der Waals surface area (Å²) >= 11 is 0. The zero-order valence-electron chi connectivity index (χ0n) is 14.1. The Morgan fingerprint density at radius 3 is 2.64 bits per heavy atom. The van der Waals surface area contributed by atoms with Gasteiger partial charge >= 0.3 is 0 Å². The van der Waals surface area contributed by atoms with Gasteiger partial charge in [0.15, 0.2) is 11.5 Å². The fraction of sp³-hybridized carbons (Fsp3) is 0.167. The Kier molecular flexibility index (Phi) is 4.65. The van der Waals surface area contributed by atoms with E-state index in [4.69, 9.17) is 14.0 Å². The van der Waals surface area contributed by atoms with Crippen LogP contribution in [0.15, 0.2) is 47.2 Å². The van der Waals surface area contributed by atoms with Gasteiger partial charge in [0, 0.05) is 29.7 Å². The van der Waals surface area contributed by atoms with Gasteiger partial charge in [-0.1, -0.05) is 5.16 Å². The number of aromatic nitrogens is 2. The van der Waals surface area contributed by atoms with Gasteiger partial charge in [0.1, 0.15) is 17.0 Å². The number of carbonyl (C=O) groups is 1. The van der Waals surface area contributed by atoms with Gasteiger partial charge in [-0.25, -0.2) is 0 Å². The third kappa shape index (κ3) is 3.30. The number of methoxy groups -OCH3 is 2. The average molecular weight is 339 g/mol. The third-order valence-corrected chi connectivity index (χ3v) is 3.67. The molecule has 2 heterocycles. The van der Waals surface area contributed by atoms with Crippen molar-refractivity contribution >= 4 is 11.6 Å². The van der Waals surface area contributed by atoms with E-state index in [2.05, 4.69) is 15.5 Å². The number of pyridine rings is 1. The summed E-state index contributed by atoms with van der Waals surface area (Å²) in [5.41, 5.74) is 2.09. The number of nitrogens with zero attached hydrogens (tertiary/aromatic N) is 2. The molecule has 0 aliphatic heterocycles. The van der Waals surface area contributed by atoms with Crippen molar-refractivity contribution in [2.24, 2.45) is 0 Å². The van der Waals surface area contributed by atoms with Gasteiger partial charge < -0.3 is 19.3 Å². The second-order valence-corrected chi connectivity index (χ2v) is 5.23. The second kappa shape index (κ2) is 7.04. The molecule has 7 nitrogen and oxygen atoms in total. The lowest BCUT2D eigenvalue weighted by atomic mass is 10.1. The fourth-order valence-electron chi connectivity index (χ4n) is 2.45. The van der Waals surface area contributed by atoms with Gasteiger partial charge in [0.2, 0.25) is 0 Å². The minimum absolute atomic E-state index is 0.329. The normalized spacial score (nSPS) is 10.4. The van der Waals surface area contributed by atoms with Crippen LogP contribution < -0.4 is 14.8 Å². The number of aryl methyl sites for hydroxylation is 1. The van der Waals surface area contributed by atoms with Crippen molar-refractivity contribution in [3.05, 3.63) is 54.0 Å². The summed E-state index contributed by atoms with van der Waals surface area (Å²) in [6.07, 6.45) is 3.28. The van der Waals surface area contributed by atoms with Crippen molar-refractivity contribution in [2.75, 3.05) is 19.5 Å². The Balaban J connectivity index is 1.91. The maximum Gasteiger partial charge on any atom is 0.261 e. The molecule has 1 N–H and O–H groups in total. The number of hydrogen-bond donors (Lipinski definition) is 1. The van der Waals surface area contributed by atoms with Crippen molar-refractivity contribution in [3.63, 3.8) is 0 Å². The van der Waals surface area contributed by atoms with E-state index in [-0.39, 0.29) is 5.91 Å². The number of anilines is 1. The van der Waals surface area contributed by atoms with Gasteiger partial charge in [-0.15, -0.1) is 0 Å². The van der Waals surface area contributed by atoms with Gasteiger partial charge in [-0.05, 0) is 31.2 Å². The van der Waals surface area contributed by atoms with Crippen LogP contribution in [-0.2, 0) is 0 Å². The maximum absolute atomic E-state index is 12.7. The zero-order valence-corrected chi connectivity index (χ0v) is 14.1. The van der Waals surface area contributed by atoms with Gasteiger partial charge in [0.25, 0.3) is 5.91 Å². The van der Waals surface area contributed by atoms with Crippen LogP contribution in [-0.4, -0.2) is 30.3 Å². The predicted molar refractivity (Wildman–Crippen MR) is 92.0 cm³/mol. The van der Waals surface area contributed by atoms with E-state index in [9.17, 15) is 4.79 Å². The molecule has 1 amide bonds. The van der Waals surface area contributed by atoms with Gasteiger partial charge in [-0.3, -0.25) is 9.78 Å². The first-order valence-electron chi connectivity index (χ1n) is 7.54. The summed E-state index contributed by atoms with van der Waals surface area (Å²) in [5.74, 6) is 1.20. The summed E-state index contributed by atoms with van der Waals surface area (Å²) in [6, 6.07) is 8.72. The largest absolute Gasteiger partial charge is 0.493 e. The van der Waals surface area contributed by atoms with Crippen LogP contribution in [0.1, 0.15) is 16.1 Å². The average Bonchev–Trinajstić information content (AvgIpc) is 3.04. The molecule has 0 atom stereocenters. The molecule has 0 unspecified atom stereocenters. The molecule has 1 aromatic carbocycles. The first-order chi connectivity index (χ1) is 12.1. The highest BCUT2D eigenvalue weighted by atomic mass is 16.5. The number of amides is 1. The predicted octanol–water partition coefficient (Wildman–Crippen LogP) is 3.31. The highest BCUT2D eigenvalue weighted by molar-refractivity contribution is 6.08. The number of nitrogens with one attached hydrogen (secondary N) is 1. The molecule has 0 bridgehead atoms. The lowest BCUT2D eigenvalue weighted by Crippen LogP contribution is -2.13. The molecule has 3 rings (SSSR count). The second-order valence-electron chi connectivity index (χ2n) is 5.23. The lowest BCUT2D eigenvalue weighted by molar-refractivity contribution is 0.102. The lowest BCUT2D eigenvalue weighted by Gasteiger charge is -2.10. The van der Waals surface area contributed by atoms with Crippen LogP contribution in [0.2, 0.25) is 0 Å².